The minimum atomic E-state index is -0.688. The smallest absolute Gasteiger partial charge is 0.410 e. The van der Waals surface area contributed by atoms with Crippen molar-refractivity contribution in [3.05, 3.63) is 53.4 Å². The number of likely N-dealkylation sites (N-methyl/N-ethyl adjacent to an activating group) is 1. The molecule has 1 amide bonds. The summed E-state index contributed by atoms with van der Waals surface area (Å²) in [5.74, 6) is -0.225. The van der Waals surface area contributed by atoms with Gasteiger partial charge in [0.1, 0.15) is 29.2 Å². The molecule has 0 saturated carbocycles. The molecule has 2 aromatic carbocycles. The lowest BCUT2D eigenvalue weighted by Crippen LogP contribution is -2.56. The van der Waals surface area contributed by atoms with Crippen molar-refractivity contribution < 1.29 is 23.4 Å². The zero-order valence-electron chi connectivity index (χ0n) is 27.7. The Morgan fingerprint density at radius 2 is 1.90 bits per heavy atom. The summed E-state index contributed by atoms with van der Waals surface area (Å²) in [5.41, 5.74) is 0.00239. The number of aromatic nitrogens is 3. The average molecular weight is 676 g/mol. The SMILES string of the molecule is CO[C@@H]1C[C@@H](COc2nc(N3CCN(C(=O)OC(C)(C)C)[C@@H](CC#N)C3)c3cnc(-c4cccc5cccc(Cl)c45)c(F)c3n2)N(C)C1. The van der Waals surface area contributed by atoms with Crippen LogP contribution in [0.3, 0.4) is 0 Å². The van der Waals surface area contributed by atoms with Crippen molar-refractivity contribution in [2.75, 3.05) is 51.8 Å². The van der Waals surface area contributed by atoms with E-state index in [1.807, 2.05) is 36.2 Å². The second-order valence-electron chi connectivity index (χ2n) is 13.3. The lowest BCUT2D eigenvalue weighted by molar-refractivity contribution is 0.0145. The first kappa shape index (κ1) is 33.6. The molecule has 2 aliphatic heterocycles. The Labute approximate surface area is 284 Å². The van der Waals surface area contributed by atoms with Gasteiger partial charge < -0.3 is 24.0 Å². The number of piperazine rings is 1. The number of ether oxygens (including phenoxy) is 3. The number of halogens is 2. The zero-order valence-corrected chi connectivity index (χ0v) is 28.5. The number of amides is 1. The molecule has 252 valence electrons. The number of fused-ring (bicyclic) bond motifs is 2. The molecule has 2 fully saturated rings. The minimum Gasteiger partial charge on any atom is -0.462 e. The molecule has 0 N–H and O–H groups in total. The Bertz CT molecular complexity index is 1880. The molecule has 0 spiro atoms. The maximum atomic E-state index is 16.8. The van der Waals surface area contributed by atoms with Crippen molar-refractivity contribution in [1.82, 2.24) is 24.8 Å². The van der Waals surface area contributed by atoms with Gasteiger partial charge in [-0.3, -0.25) is 9.88 Å². The number of hydrogen-bond acceptors (Lipinski definition) is 10. The van der Waals surface area contributed by atoms with Gasteiger partial charge in [0.15, 0.2) is 5.82 Å². The van der Waals surface area contributed by atoms with Crippen molar-refractivity contribution in [3.63, 3.8) is 0 Å². The van der Waals surface area contributed by atoms with Crippen LogP contribution in [0.25, 0.3) is 32.9 Å². The number of likely N-dealkylation sites (tertiary alicyclic amines) is 1. The summed E-state index contributed by atoms with van der Waals surface area (Å²) in [6, 6.07) is 12.9. The number of carbonyl (C=O) groups excluding carboxylic acids is 1. The van der Waals surface area contributed by atoms with E-state index in [9.17, 15) is 10.1 Å². The number of rotatable bonds is 7. The van der Waals surface area contributed by atoms with Crippen LogP contribution >= 0.6 is 11.6 Å². The van der Waals surface area contributed by atoms with Crippen molar-refractivity contribution >= 4 is 45.2 Å². The Kier molecular flexibility index (Phi) is 9.56. The van der Waals surface area contributed by atoms with Crippen LogP contribution < -0.4 is 9.64 Å². The topological polar surface area (TPSA) is 117 Å². The number of nitrogens with zero attached hydrogens (tertiary/aromatic N) is 7. The number of nitriles is 1. The first-order valence-corrected chi connectivity index (χ1v) is 16.4. The molecule has 4 heterocycles. The van der Waals surface area contributed by atoms with Crippen molar-refractivity contribution in [1.29, 1.82) is 5.26 Å². The Balaban J connectivity index is 1.41. The lowest BCUT2D eigenvalue weighted by atomic mass is 10.0. The summed E-state index contributed by atoms with van der Waals surface area (Å²) in [4.78, 5) is 32.7. The van der Waals surface area contributed by atoms with Crippen molar-refractivity contribution in [2.45, 2.75) is 57.4 Å². The third-order valence-corrected chi connectivity index (χ3v) is 9.19. The van der Waals surface area contributed by atoms with Crippen LogP contribution in [-0.2, 0) is 9.47 Å². The van der Waals surface area contributed by atoms with E-state index in [1.54, 1.807) is 51.1 Å². The van der Waals surface area contributed by atoms with E-state index < -0.39 is 23.6 Å². The van der Waals surface area contributed by atoms with Crippen LogP contribution in [0.5, 0.6) is 6.01 Å². The first-order chi connectivity index (χ1) is 23.0. The molecule has 6 rings (SSSR count). The molecule has 0 radical (unpaired) electrons. The van der Waals surface area contributed by atoms with Gasteiger partial charge in [-0.15, -0.1) is 0 Å². The van der Waals surface area contributed by atoms with Gasteiger partial charge in [-0.2, -0.15) is 15.2 Å². The van der Waals surface area contributed by atoms with Crippen LogP contribution in [0.4, 0.5) is 15.0 Å². The third kappa shape index (κ3) is 6.81. The number of hydrogen-bond donors (Lipinski definition) is 0. The summed E-state index contributed by atoms with van der Waals surface area (Å²) in [7, 11) is 3.70. The predicted octanol–water partition coefficient (Wildman–Crippen LogP) is 6.07. The average Bonchev–Trinajstić information content (AvgIpc) is 3.42. The molecule has 0 unspecified atom stereocenters. The highest BCUT2D eigenvalue weighted by Crippen LogP contribution is 2.38. The summed E-state index contributed by atoms with van der Waals surface area (Å²) in [6.45, 7) is 7.35. The maximum Gasteiger partial charge on any atom is 0.410 e. The van der Waals surface area contributed by atoms with Crippen LogP contribution in [0, 0.1) is 17.1 Å². The molecule has 48 heavy (non-hydrogen) atoms. The molecule has 4 aromatic rings. The standard InChI is InChI=1S/C35H39ClFN7O4/c1-35(2,3)48-34(45)44-15-14-43(18-22(44)12-13-38)32-26-17-39-30(25-10-6-8-21-9-7-11-27(36)28(21)25)29(37)31(26)40-33(41-32)47-20-23-16-24(46-5)19-42(23)4/h6-11,17,22-24H,12,14-16,18-20H2,1-5H3/t22-,23-,24+/m0/s1. The van der Waals surface area contributed by atoms with E-state index in [-0.39, 0.29) is 55.5 Å². The number of methoxy groups -OCH3 is 1. The van der Waals surface area contributed by atoms with Gasteiger partial charge in [-0.25, -0.2) is 9.18 Å². The minimum absolute atomic E-state index is 0.0187. The van der Waals surface area contributed by atoms with Crippen LogP contribution in [0.2, 0.25) is 5.02 Å². The molecular weight excluding hydrogens is 637 g/mol. The normalized spacial score (nSPS) is 20.3. The van der Waals surface area contributed by atoms with E-state index in [4.69, 9.17) is 30.8 Å². The third-order valence-electron chi connectivity index (χ3n) is 8.88. The largest absolute Gasteiger partial charge is 0.462 e. The molecular formula is C35H39ClFN7O4. The molecule has 2 aliphatic rings. The lowest BCUT2D eigenvalue weighted by Gasteiger charge is -2.41. The first-order valence-electron chi connectivity index (χ1n) is 16.0. The van der Waals surface area contributed by atoms with E-state index >= 15 is 4.39 Å². The van der Waals surface area contributed by atoms with E-state index in [2.05, 4.69) is 20.9 Å². The van der Waals surface area contributed by atoms with Gasteiger partial charge in [0.05, 0.1) is 30.0 Å². The summed E-state index contributed by atoms with van der Waals surface area (Å²) in [5, 5.41) is 12.1. The predicted molar refractivity (Wildman–Crippen MR) is 182 cm³/mol. The summed E-state index contributed by atoms with van der Waals surface area (Å²) in [6.07, 6.45) is 2.03. The quantitative estimate of drug-likeness (QED) is 0.228. The van der Waals surface area contributed by atoms with Crippen LogP contribution in [0.1, 0.15) is 33.6 Å². The van der Waals surface area contributed by atoms with Gasteiger partial charge in [0.2, 0.25) is 0 Å². The molecule has 0 aliphatic carbocycles. The fourth-order valence-corrected chi connectivity index (χ4v) is 6.74. The Hall–Kier alpha value is -4.31. The molecule has 0 bridgehead atoms. The summed E-state index contributed by atoms with van der Waals surface area (Å²) < 4.78 is 34.1. The van der Waals surface area contributed by atoms with Gasteiger partial charge >= 0.3 is 12.1 Å². The van der Waals surface area contributed by atoms with Gasteiger partial charge in [0.25, 0.3) is 0 Å². The van der Waals surface area contributed by atoms with Crippen LogP contribution in [-0.4, -0.2) is 102 Å². The van der Waals surface area contributed by atoms with Crippen LogP contribution in [0.15, 0.2) is 42.6 Å². The van der Waals surface area contributed by atoms with Gasteiger partial charge in [0, 0.05) is 61.5 Å². The molecule has 3 atom stereocenters. The monoisotopic (exact) mass is 675 g/mol. The zero-order chi connectivity index (χ0) is 34.2. The second kappa shape index (κ2) is 13.7. The number of carbonyl (C=O) groups is 1. The number of pyridine rings is 1. The second-order valence-corrected chi connectivity index (χ2v) is 13.7. The highest BCUT2D eigenvalue weighted by Gasteiger charge is 2.35. The van der Waals surface area contributed by atoms with Gasteiger partial charge in [-0.1, -0.05) is 41.9 Å². The Morgan fingerprint density at radius 1 is 1.12 bits per heavy atom. The van der Waals surface area contributed by atoms with E-state index in [0.717, 1.165) is 18.4 Å². The van der Waals surface area contributed by atoms with E-state index in [1.165, 1.54) is 0 Å². The number of anilines is 1. The molecule has 2 aromatic heterocycles. The molecule has 11 nitrogen and oxygen atoms in total. The van der Waals surface area contributed by atoms with E-state index in [0.29, 0.717) is 33.7 Å². The summed E-state index contributed by atoms with van der Waals surface area (Å²) >= 11 is 6.60. The maximum absolute atomic E-state index is 16.8. The molecule has 2 saturated heterocycles. The Morgan fingerprint density at radius 3 is 2.60 bits per heavy atom. The number of benzene rings is 2. The fourth-order valence-electron chi connectivity index (χ4n) is 6.46. The highest BCUT2D eigenvalue weighted by molar-refractivity contribution is 6.36. The fraction of sp³-hybridized carbons (Fsp3) is 0.457. The molecule has 13 heteroatoms. The highest BCUT2D eigenvalue weighted by atomic mass is 35.5. The van der Waals surface area contributed by atoms with Crippen molar-refractivity contribution in [2.24, 2.45) is 0 Å². The van der Waals surface area contributed by atoms with Crippen molar-refractivity contribution in [3.8, 4) is 23.3 Å². The van der Waals surface area contributed by atoms with Gasteiger partial charge in [-0.05, 0) is 45.7 Å².